The van der Waals surface area contributed by atoms with Gasteiger partial charge >= 0.3 is 11.9 Å². The van der Waals surface area contributed by atoms with Gasteiger partial charge in [-0.25, -0.2) is 0 Å². The van der Waals surface area contributed by atoms with Gasteiger partial charge in [-0.2, -0.15) is 0 Å². The number of rotatable bonds is 46. The summed E-state index contributed by atoms with van der Waals surface area (Å²) in [6.45, 7) is 12.1. The normalized spacial score (nSPS) is 11.3. The predicted molar refractivity (Wildman–Crippen MR) is 187 cm³/mol. The van der Waals surface area contributed by atoms with E-state index in [-0.39, 0.29) is 31.8 Å². The summed E-state index contributed by atoms with van der Waals surface area (Å²) in [5.74, 6) is -2.14. The molecular formula is C34H65NO18. The number of aliphatic carboxylic acids is 2. The lowest BCUT2D eigenvalue weighted by atomic mass is 10.3. The second-order valence-corrected chi connectivity index (χ2v) is 10.7. The van der Waals surface area contributed by atoms with Crippen molar-refractivity contribution in [3.8, 4) is 0 Å². The molecule has 0 spiro atoms. The molecule has 0 bridgehead atoms. The van der Waals surface area contributed by atoms with Crippen LogP contribution in [0, 0.1) is 0 Å². The Morgan fingerprint density at radius 2 is 0.528 bits per heavy atom. The molecule has 1 amide bonds. The van der Waals surface area contributed by atoms with Crippen LogP contribution in [0.1, 0.15) is 25.7 Å². The Balaban J connectivity index is 3.09. The van der Waals surface area contributed by atoms with Crippen LogP contribution >= 0.6 is 0 Å². The molecule has 0 aromatic rings. The lowest BCUT2D eigenvalue weighted by Gasteiger charge is -2.09. The lowest BCUT2D eigenvalue weighted by molar-refractivity contribution is -0.139. The number of carboxylic acid groups (broad SMARTS) is 2. The van der Waals surface area contributed by atoms with Crippen LogP contribution in [0.3, 0.4) is 0 Å². The minimum atomic E-state index is -0.987. The van der Waals surface area contributed by atoms with Gasteiger partial charge in [0.25, 0.3) is 0 Å². The third-order valence-electron chi connectivity index (χ3n) is 6.28. The Labute approximate surface area is 313 Å². The number of carbonyl (C=O) groups is 3. The monoisotopic (exact) mass is 775 g/mol. The molecular weight excluding hydrogens is 710 g/mol. The summed E-state index contributed by atoms with van der Waals surface area (Å²) in [5, 5.41) is 19.7. The van der Waals surface area contributed by atoms with Crippen molar-refractivity contribution in [2.75, 3.05) is 178 Å². The fraction of sp³-hybridized carbons (Fsp3) is 0.912. The molecule has 0 radical (unpaired) electrons. The van der Waals surface area contributed by atoms with E-state index in [1.165, 1.54) is 0 Å². The van der Waals surface area contributed by atoms with Gasteiger partial charge in [0.1, 0.15) is 0 Å². The van der Waals surface area contributed by atoms with E-state index in [1.54, 1.807) is 0 Å². The van der Waals surface area contributed by atoms with Gasteiger partial charge < -0.3 is 77.1 Å². The van der Waals surface area contributed by atoms with E-state index in [0.717, 1.165) is 0 Å². The van der Waals surface area contributed by atoms with E-state index in [1.807, 2.05) is 0 Å². The van der Waals surface area contributed by atoms with E-state index < -0.39 is 11.9 Å². The molecule has 0 atom stereocenters. The van der Waals surface area contributed by atoms with Crippen molar-refractivity contribution in [3.05, 3.63) is 0 Å². The maximum atomic E-state index is 11.4. The van der Waals surface area contributed by atoms with Gasteiger partial charge in [0.15, 0.2) is 0 Å². The molecule has 0 aliphatic rings. The highest BCUT2D eigenvalue weighted by Gasteiger charge is 2.04. The Kier molecular flexibility index (Phi) is 42.5. The highest BCUT2D eigenvalue weighted by atomic mass is 16.6. The SMILES string of the molecule is O=C(O)CCOCCOCCOCCOCCOCCOCCOCCOCCOCCOCCOCCOCCOCCCNC(=O)CCC(=O)O. The van der Waals surface area contributed by atoms with Gasteiger partial charge in [-0.3, -0.25) is 14.4 Å². The fourth-order valence-electron chi connectivity index (χ4n) is 3.61. The fourth-order valence-corrected chi connectivity index (χ4v) is 3.61. The molecule has 0 heterocycles. The maximum Gasteiger partial charge on any atom is 0.305 e. The quantitative estimate of drug-likeness (QED) is 0.0695. The number of carboxylic acids is 2. The van der Waals surface area contributed by atoms with Crippen LogP contribution in [0.25, 0.3) is 0 Å². The van der Waals surface area contributed by atoms with Crippen molar-refractivity contribution in [1.82, 2.24) is 5.32 Å². The van der Waals surface area contributed by atoms with Crippen molar-refractivity contribution < 1.29 is 86.2 Å². The summed E-state index contributed by atoms with van der Waals surface area (Å²) in [4.78, 5) is 32.1. The molecule has 3 N–H and O–H groups in total. The van der Waals surface area contributed by atoms with Crippen LogP contribution in [0.15, 0.2) is 0 Å². The van der Waals surface area contributed by atoms with E-state index in [4.69, 9.17) is 71.8 Å². The van der Waals surface area contributed by atoms with Crippen LogP contribution in [-0.2, 0) is 76.0 Å². The molecule has 0 aliphatic carbocycles. The first kappa shape index (κ1) is 50.9. The molecule has 0 aliphatic heterocycles. The Bertz CT molecular complexity index is 797. The highest BCUT2D eigenvalue weighted by Crippen LogP contribution is 1.91. The zero-order valence-electron chi connectivity index (χ0n) is 31.3. The number of ether oxygens (including phenoxy) is 13. The first-order chi connectivity index (χ1) is 26.0. The van der Waals surface area contributed by atoms with Crippen molar-refractivity contribution in [2.45, 2.75) is 25.7 Å². The molecule has 0 unspecified atom stereocenters. The number of hydrogen-bond acceptors (Lipinski definition) is 16. The Hall–Kier alpha value is -2.11. The van der Waals surface area contributed by atoms with Crippen molar-refractivity contribution in [3.63, 3.8) is 0 Å². The largest absolute Gasteiger partial charge is 0.481 e. The third kappa shape index (κ3) is 47.9. The zero-order valence-corrected chi connectivity index (χ0v) is 31.3. The summed E-state index contributed by atoms with van der Waals surface area (Å²) < 4.78 is 70.3. The minimum Gasteiger partial charge on any atom is -0.481 e. The van der Waals surface area contributed by atoms with Gasteiger partial charge in [0.05, 0.1) is 178 Å². The minimum absolute atomic E-state index is 0.00962. The molecule has 0 aromatic heterocycles. The van der Waals surface area contributed by atoms with Crippen LogP contribution < -0.4 is 5.32 Å². The van der Waals surface area contributed by atoms with Gasteiger partial charge in [0.2, 0.25) is 5.91 Å². The molecule has 0 saturated heterocycles. The van der Waals surface area contributed by atoms with Crippen molar-refractivity contribution >= 4 is 17.8 Å². The van der Waals surface area contributed by atoms with E-state index in [2.05, 4.69) is 5.32 Å². The average molecular weight is 776 g/mol. The molecule has 53 heavy (non-hydrogen) atoms. The summed E-state index contributed by atoms with van der Waals surface area (Å²) in [7, 11) is 0. The topological polar surface area (TPSA) is 224 Å². The van der Waals surface area contributed by atoms with Gasteiger partial charge in [0, 0.05) is 19.6 Å². The number of carbonyl (C=O) groups excluding carboxylic acids is 1. The average Bonchev–Trinajstić information content (AvgIpc) is 3.14. The number of amides is 1. The third-order valence-corrected chi connectivity index (χ3v) is 6.28. The molecule has 0 aromatic carbocycles. The van der Waals surface area contributed by atoms with Crippen molar-refractivity contribution in [1.29, 1.82) is 0 Å². The zero-order chi connectivity index (χ0) is 38.6. The van der Waals surface area contributed by atoms with Crippen LogP contribution in [0.2, 0.25) is 0 Å². The Morgan fingerprint density at radius 1 is 0.302 bits per heavy atom. The summed E-state index contributed by atoms with van der Waals surface area (Å²) in [5.41, 5.74) is 0. The second kappa shape index (κ2) is 44.3. The molecule has 314 valence electrons. The smallest absolute Gasteiger partial charge is 0.305 e. The van der Waals surface area contributed by atoms with Crippen molar-refractivity contribution in [2.24, 2.45) is 0 Å². The standard InChI is InChI=1S/C34H65NO18/c36-32(2-3-33(37)38)35-5-1-6-41-8-10-43-12-14-45-16-18-47-20-22-49-24-26-51-28-30-53-31-29-52-27-25-50-23-21-48-19-17-46-15-13-44-11-9-42-7-4-34(39)40/h1-31H2,(H,35,36)(H,37,38)(H,39,40). The molecule has 0 fully saturated rings. The number of hydrogen-bond donors (Lipinski definition) is 3. The number of nitrogens with one attached hydrogen (secondary N) is 1. The maximum absolute atomic E-state index is 11.4. The van der Waals surface area contributed by atoms with Gasteiger partial charge in [-0.15, -0.1) is 0 Å². The second-order valence-electron chi connectivity index (χ2n) is 10.7. The molecule has 0 rings (SSSR count). The molecule has 19 nitrogen and oxygen atoms in total. The molecule has 0 saturated carbocycles. The van der Waals surface area contributed by atoms with Crippen LogP contribution in [-0.4, -0.2) is 206 Å². The highest BCUT2D eigenvalue weighted by molar-refractivity contribution is 5.80. The first-order valence-corrected chi connectivity index (χ1v) is 18.2. The predicted octanol–water partition coefficient (Wildman–Crippen LogP) is 0.0480. The lowest BCUT2D eigenvalue weighted by Crippen LogP contribution is -2.25. The summed E-state index contributed by atoms with van der Waals surface area (Å²) in [6.07, 6.45) is 0.451. The van der Waals surface area contributed by atoms with Crippen LogP contribution in [0.4, 0.5) is 0 Å². The van der Waals surface area contributed by atoms with Gasteiger partial charge in [-0.05, 0) is 6.42 Å². The Morgan fingerprint density at radius 3 is 0.774 bits per heavy atom. The summed E-state index contributed by atoms with van der Waals surface area (Å²) >= 11 is 0. The van der Waals surface area contributed by atoms with Gasteiger partial charge in [-0.1, -0.05) is 0 Å². The van der Waals surface area contributed by atoms with E-state index in [9.17, 15) is 14.4 Å². The first-order valence-electron chi connectivity index (χ1n) is 18.2. The molecule has 19 heteroatoms. The van der Waals surface area contributed by atoms with E-state index >= 15 is 0 Å². The van der Waals surface area contributed by atoms with Crippen LogP contribution in [0.5, 0.6) is 0 Å². The van der Waals surface area contributed by atoms with E-state index in [0.29, 0.717) is 178 Å². The summed E-state index contributed by atoms with van der Waals surface area (Å²) in [6, 6.07) is 0.